The van der Waals surface area contributed by atoms with Gasteiger partial charge in [0.1, 0.15) is 23.7 Å². The largest absolute Gasteiger partial charge is 0.671 e. The summed E-state index contributed by atoms with van der Waals surface area (Å²) in [5, 5.41) is 18.8. The first-order valence-corrected chi connectivity index (χ1v) is 15.3. The van der Waals surface area contributed by atoms with Crippen LogP contribution in [0.1, 0.15) is 46.4 Å². The van der Waals surface area contributed by atoms with Crippen LogP contribution < -0.4 is 10.6 Å². The van der Waals surface area contributed by atoms with Crippen molar-refractivity contribution in [3.8, 4) is 0 Å². The molecule has 1 aromatic heterocycles. The van der Waals surface area contributed by atoms with Gasteiger partial charge in [-0.15, -0.1) is 5.70 Å². The molecule has 3 atom stereocenters. The van der Waals surface area contributed by atoms with Crippen LogP contribution in [-0.4, -0.2) is 5.84 Å². The Kier molecular flexibility index (Phi) is 6.03. The molecule has 9 rings (SSSR count). The fraction of sp³-hybridized carbons (Fsp3) is 0.0750. The molecule has 2 aliphatic rings. The van der Waals surface area contributed by atoms with Crippen molar-refractivity contribution in [3.05, 3.63) is 173 Å². The van der Waals surface area contributed by atoms with Gasteiger partial charge in [0.25, 0.3) is 0 Å². The summed E-state index contributed by atoms with van der Waals surface area (Å²) in [5.41, 5.74) is 6.04. The Morgan fingerprint density at radius 2 is 1.31 bits per heavy atom. The third-order valence-corrected chi connectivity index (χ3v) is 8.88. The van der Waals surface area contributed by atoms with Gasteiger partial charge in [-0.05, 0) is 74.1 Å². The predicted molar refractivity (Wildman–Crippen MR) is 184 cm³/mol. The van der Waals surface area contributed by atoms with E-state index in [9.17, 15) is 0 Å². The molecule has 0 spiro atoms. The molecule has 0 amide bonds. The van der Waals surface area contributed by atoms with Gasteiger partial charge in [-0.25, -0.2) is 4.99 Å². The quantitative estimate of drug-likeness (QED) is 0.218. The van der Waals surface area contributed by atoms with E-state index >= 15 is 0 Å². The number of para-hydroxylation sites is 1. The van der Waals surface area contributed by atoms with E-state index < -0.39 is 0 Å². The normalized spacial score (nSPS) is 19.4. The molecule has 216 valence electrons. The first kappa shape index (κ1) is 25.8. The summed E-state index contributed by atoms with van der Waals surface area (Å²) in [6, 6.07) is 48.3. The molecule has 3 heterocycles. The van der Waals surface area contributed by atoms with Crippen LogP contribution >= 0.6 is 0 Å². The molecule has 5 nitrogen and oxygen atoms in total. The van der Waals surface area contributed by atoms with E-state index in [1.165, 1.54) is 21.5 Å². The molecule has 2 N–H and O–H groups in total. The van der Waals surface area contributed by atoms with Crippen LogP contribution in [0.2, 0.25) is 0 Å². The summed E-state index contributed by atoms with van der Waals surface area (Å²) in [6.45, 7) is 0. The van der Waals surface area contributed by atoms with Crippen LogP contribution in [0.3, 0.4) is 0 Å². The lowest BCUT2D eigenvalue weighted by Gasteiger charge is -2.43. The maximum absolute atomic E-state index is 6.49. The number of hydrogen-bond acceptors (Lipinski definition) is 4. The second-order valence-corrected chi connectivity index (χ2v) is 11.7. The minimum Gasteiger partial charge on any atom is -0.671 e. The van der Waals surface area contributed by atoms with Gasteiger partial charge in [0.05, 0.1) is 5.84 Å². The second kappa shape index (κ2) is 10.5. The number of hydrogen-bond donors (Lipinski definition) is 2. The van der Waals surface area contributed by atoms with E-state index in [4.69, 9.17) is 14.7 Å². The fourth-order valence-corrected chi connectivity index (χ4v) is 6.63. The van der Waals surface area contributed by atoms with Crippen molar-refractivity contribution in [2.45, 2.75) is 18.4 Å². The molecule has 0 saturated heterocycles. The lowest BCUT2D eigenvalue weighted by atomic mass is 9.94. The van der Waals surface area contributed by atoms with Gasteiger partial charge in [-0.3, -0.25) is 5.32 Å². The summed E-state index contributed by atoms with van der Waals surface area (Å²) in [5.74, 6) is 1.63. The summed E-state index contributed by atoms with van der Waals surface area (Å²) in [6.07, 6.45) is 1.64. The maximum atomic E-state index is 6.49. The van der Waals surface area contributed by atoms with Crippen molar-refractivity contribution in [2.75, 3.05) is 0 Å². The van der Waals surface area contributed by atoms with E-state index in [0.717, 1.165) is 50.5 Å². The second-order valence-electron chi connectivity index (χ2n) is 11.7. The zero-order valence-corrected chi connectivity index (χ0v) is 24.4. The Balaban J connectivity index is 1.20. The minimum atomic E-state index is -0.383. The number of furan rings is 1. The van der Waals surface area contributed by atoms with Gasteiger partial charge in [0.2, 0.25) is 0 Å². The molecule has 0 bridgehead atoms. The van der Waals surface area contributed by atoms with Gasteiger partial charge in [-0.1, -0.05) is 121 Å². The van der Waals surface area contributed by atoms with Gasteiger partial charge >= 0.3 is 0 Å². The third kappa shape index (κ3) is 4.57. The zero-order valence-electron chi connectivity index (χ0n) is 24.4. The lowest BCUT2D eigenvalue weighted by molar-refractivity contribution is 0.403. The molecule has 2 aliphatic heterocycles. The Hall–Kier alpha value is -5.65. The Bertz CT molecular complexity index is 2280. The standard InChI is InChI=1S/C40H29N4O/c1-2-12-27(13-3-1)38-42-39(31-21-19-26-11-5-7-15-29(26)23-31)44-40(43-38)37-36-32-16-8-9-17-34(32)45-35(36)24-33(41-37)30-20-18-25-10-4-6-14-28(25)22-30/h1-24,37-39,42H,(H,43,44)/q-1. The minimum absolute atomic E-state index is 0.165. The van der Waals surface area contributed by atoms with Gasteiger partial charge < -0.3 is 15.1 Å². The van der Waals surface area contributed by atoms with E-state index in [0.29, 0.717) is 0 Å². The van der Waals surface area contributed by atoms with Crippen molar-refractivity contribution in [1.29, 1.82) is 0 Å². The fourth-order valence-electron chi connectivity index (χ4n) is 6.63. The van der Waals surface area contributed by atoms with Crippen molar-refractivity contribution in [2.24, 2.45) is 4.99 Å². The summed E-state index contributed by atoms with van der Waals surface area (Å²) < 4.78 is 6.49. The van der Waals surface area contributed by atoms with Crippen LogP contribution in [0.25, 0.3) is 49.6 Å². The highest BCUT2D eigenvalue weighted by atomic mass is 16.3. The number of fused-ring (bicyclic) bond motifs is 5. The molecule has 5 heteroatoms. The predicted octanol–water partition coefficient (Wildman–Crippen LogP) is 9.65. The lowest BCUT2D eigenvalue weighted by Crippen LogP contribution is -2.46. The maximum Gasteiger partial charge on any atom is 0.135 e. The molecule has 7 aromatic rings. The van der Waals surface area contributed by atoms with Gasteiger partial charge in [0.15, 0.2) is 0 Å². The Morgan fingerprint density at radius 3 is 2.13 bits per heavy atom. The summed E-state index contributed by atoms with van der Waals surface area (Å²) >= 11 is 0. The van der Waals surface area contributed by atoms with Gasteiger partial charge in [0, 0.05) is 5.39 Å². The number of aliphatic imine (C=N–C) groups is 1. The highest BCUT2D eigenvalue weighted by molar-refractivity contribution is 6.06. The van der Waals surface area contributed by atoms with Crippen LogP contribution in [0.15, 0.2) is 149 Å². The zero-order chi connectivity index (χ0) is 29.7. The van der Waals surface area contributed by atoms with Crippen LogP contribution in [-0.2, 0) is 0 Å². The number of nitrogens with zero attached hydrogens (tertiary/aromatic N) is 2. The van der Waals surface area contributed by atoms with Crippen molar-refractivity contribution in [3.63, 3.8) is 0 Å². The topological polar surface area (TPSA) is 63.7 Å². The number of amidine groups is 1. The van der Waals surface area contributed by atoms with E-state index in [1.54, 1.807) is 0 Å². The first-order valence-electron chi connectivity index (χ1n) is 15.3. The Labute approximate surface area is 260 Å². The van der Waals surface area contributed by atoms with E-state index in [-0.39, 0.29) is 18.4 Å². The average molecular weight is 582 g/mol. The molecule has 0 radical (unpaired) electrons. The molecule has 6 aromatic carbocycles. The molecule has 0 saturated carbocycles. The summed E-state index contributed by atoms with van der Waals surface area (Å²) in [7, 11) is 0. The van der Waals surface area contributed by atoms with Crippen molar-refractivity contribution < 1.29 is 4.42 Å². The monoisotopic (exact) mass is 581 g/mol. The average Bonchev–Trinajstić information content (AvgIpc) is 3.49. The molecule has 45 heavy (non-hydrogen) atoms. The van der Waals surface area contributed by atoms with Crippen molar-refractivity contribution in [1.82, 2.24) is 10.6 Å². The van der Waals surface area contributed by atoms with Crippen LogP contribution in [0.5, 0.6) is 0 Å². The smallest absolute Gasteiger partial charge is 0.135 e. The highest BCUT2D eigenvalue weighted by Crippen LogP contribution is 2.46. The SMILES string of the molecule is C1=C(c2ccc3ccccc3c2)[N-]C(C2=NC(c3ccc4ccccc4c3)NC(c3ccccc3)N2)c2c1oc1ccccc21. The molecular weight excluding hydrogens is 552 g/mol. The van der Waals surface area contributed by atoms with Crippen LogP contribution in [0, 0.1) is 0 Å². The third-order valence-electron chi connectivity index (χ3n) is 8.88. The molecule has 0 aliphatic carbocycles. The molecular formula is C40H29N4O-. The number of rotatable bonds is 4. The molecule has 0 fully saturated rings. The molecule has 3 unspecified atom stereocenters. The van der Waals surface area contributed by atoms with Crippen LogP contribution in [0.4, 0.5) is 0 Å². The highest BCUT2D eigenvalue weighted by Gasteiger charge is 2.30. The van der Waals surface area contributed by atoms with Crippen molar-refractivity contribution >= 4 is 50.1 Å². The summed E-state index contributed by atoms with van der Waals surface area (Å²) in [4.78, 5) is 5.35. The number of benzene rings is 6. The number of nitrogens with one attached hydrogen (secondary N) is 2. The Morgan fingerprint density at radius 1 is 0.622 bits per heavy atom. The first-order chi connectivity index (χ1) is 22.3. The van der Waals surface area contributed by atoms with E-state index in [1.807, 2.05) is 18.2 Å². The van der Waals surface area contributed by atoms with Gasteiger partial charge in [-0.2, -0.15) is 0 Å². The van der Waals surface area contributed by atoms with E-state index in [2.05, 4.69) is 138 Å².